The number of sulfonamides is 1. The molecule has 0 radical (unpaired) electrons. The van der Waals surface area contributed by atoms with E-state index in [0.717, 1.165) is 6.07 Å². The second kappa shape index (κ2) is 7.49. The van der Waals surface area contributed by atoms with Crippen LogP contribution in [0.5, 0.6) is 0 Å². The van der Waals surface area contributed by atoms with E-state index in [1.165, 1.54) is 48.5 Å². The van der Waals surface area contributed by atoms with Crippen molar-refractivity contribution < 1.29 is 18.1 Å². The molecule has 3 rings (SSSR count). The summed E-state index contributed by atoms with van der Waals surface area (Å²) in [7, 11) is -3.89. The molecular weight excluding hydrogens is 382 g/mol. The number of rotatable bonds is 6. The van der Waals surface area contributed by atoms with Gasteiger partial charge in [0.2, 0.25) is 0 Å². The standard InChI is InChI=1S/C19H15N3O5S/c20-17-10-9-14(19(23)13-5-4-6-15(11-13)22(24)25)12-18(17)21-28(26,27)16-7-2-1-3-8-16/h1-12,21H,20H2. The molecule has 3 aromatic rings. The highest BCUT2D eigenvalue weighted by atomic mass is 32.2. The Labute approximate surface area is 160 Å². The number of nitrogens with two attached hydrogens (primary N) is 1. The monoisotopic (exact) mass is 397 g/mol. The number of carbonyl (C=O) groups excluding carboxylic acids is 1. The van der Waals surface area contributed by atoms with Gasteiger partial charge in [-0.3, -0.25) is 19.6 Å². The lowest BCUT2D eigenvalue weighted by atomic mass is 10.0. The summed E-state index contributed by atoms with van der Waals surface area (Å²) in [4.78, 5) is 23.0. The number of nitrogens with zero attached hydrogens (tertiary/aromatic N) is 1. The maximum atomic E-state index is 12.7. The van der Waals surface area contributed by atoms with Crippen molar-refractivity contribution in [2.75, 3.05) is 10.5 Å². The Morgan fingerprint density at radius 3 is 2.29 bits per heavy atom. The molecule has 0 fully saturated rings. The first-order valence-corrected chi connectivity index (χ1v) is 9.53. The van der Waals surface area contributed by atoms with E-state index in [1.54, 1.807) is 18.2 Å². The fourth-order valence-electron chi connectivity index (χ4n) is 2.52. The van der Waals surface area contributed by atoms with Crippen molar-refractivity contribution in [3.63, 3.8) is 0 Å². The van der Waals surface area contributed by atoms with Crippen LogP contribution in [-0.4, -0.2) is 19.1 Å². The summed E-state index contributed by atoms with van der Waals surface area (Å²) in [5, 5.41) is 10.9. The molecule has 0 heterocycles. The van der Waals surface area contributed by atoms with Gasteiger partial charge in [-0.2, -0.15) is 0 Å². The maximum absolute atomic E-state index is 12.7. The predicted molar refractivity (Wildman–Crippen MR) is 105 cm³/mol. The van der Waals surface area contributed by atoms with E-state index in [-0.39, 0.29) is 33.1 Å². The molecule has 9 heteroatoms. The Morgan fingerprint density at radius 2 is 1.61 bits per heavy atom. The minimum Gasteiger partial charge on any atom is -0.397 e. The van der Waals surface area contributed by atoms with Gasteiger partial charge < -0.3 is 5.73 Å². The Hall–Kier alpha value is -3.72. The number of hydrogen-bond donors (Lipinski definition) is 2. The SMILES string of the molecule is Nc1ccc(C(=O)c2cccc([N+](=O)[O-])c2)cc1NS(=O)(=O)c1ccccc1. The van der Waals surface area contributed by atoms with Gasteiger partial charge in [-0.1, -0.05) is 30.3 Å². The molecule has 0 bridgehead atoms. The minimum atomic E-state index is -3.89. The van der Waals surface area contributed by atoms with Crippen molar-refractivity contribution in [2.24, 2.45) is 0 Å². The van der Waals surface area contributed by atoms with Crippen molar-refractivity contribution in [1.29, 1.82) is 0 Å². The van der Waals surface area contributed by atoms with Crippen LogP contribution in [0.3, 0.4) is 0 Å². The Balaban J connectivity index is 1.95. The van der Waals surface area contributed by atoms with Gasteiger partial charge in [0.25, 0.3) is 15.7 Å². The van der Waals surface area contributed by atoms with E-state index in [9.17, 15) is 23.3 Å². The van der Waals surface area contributed by atoms with Crippen molar-refractivity contribution >= 4 is 32.9 Å². The van der Waals surface area contributed by atoms with Crippen LogP contribution in [0.4, 0.5) is 17.1 Å². The zero-order chi connectivity index (χ0) is 20.3. The molecule has 0 saturated carbocycles. The number of benzene rings is 3. The molecule has 0 atom stereocenters. The second-order valence-electron chi connectivity index (χ2n) is 5.86. The molecule has 0 aliphatic rings. The lowest BCUT2D eigenvalue weighted by molar-refractivity contribution is -0.384. The highest BCUT2D eigenvalue weighted by Gasteiger charge is 2.18. The Kier molecular flexibility index (Phi) is 5.10. The highest BCUT2D eigenvalue weighted by Crippen LogP contribution is 2.25. The number of anilines is 2. The minimum absolute atomic E-state index is 0.0418. The van der Waals surface area contributed by atoms with Gasteiger partial charge in [0.05, 0.1) is 21.2 Å². The number of nitrogen functional groups attached to an aromatic ring is 1. The first kappa shape index (κ1) is 19.1. The number of carbonyl (C=O) groups is 1. The van der Waals surface area contributed by atoms with Crippen molar-refractivity contribution in [1.82, 2.24) is 0 Å². The lowest BCUT2D eigenvalue weighted by Gasteiger charge is -2.12. The van der Waals surface area contributed by atoms with Crippen molar-refractivity contribution in [2.45, 2.75) is 4.90 Å². The zero-order valence-corrected chi connectivity index (χ0v) is 15.2. The fourth-order valence-corrected chi connectivity index (χ4v) is 3.62. The van der Waals surface area contributed by atoms with Crippen LogP contribution in [0, 0.1) is 10.1 Å². The van der Waals surface area contributed by atoms with Gasteiger partial charge in [-0.15, -0.1) is 0 Å². The fraction of sp³-hybridized carbons (Fsp3) is 0. The molecule has 0 aliphatic carbocycles. The predicted octanol–water partition coefficient (Wildman–Crippen LogP) is 3.21. The van der Waals surface area contributed by atoms with Crippen molar-refractivity contribution in [3.05, 3.63) is 94.0 Å². The van der Waals surface area contributed by atoms with Crippen molar-refractivity contribution in [3.8, 4) is 0 Å². The topological polar surface area (TPSA) is 132 Å². The van der Waals surface area contributed by atoms with Gasteiger partial charge in [0.1, 0.15) is 0 Å². The van der Waals surface area contributed by atoms with Crippen LogP contribution in [0.25, 0.3) is 0 Å². The third kappa shape index (κ3) is 3.99. The van der Waals surface area contributed by atoms with E-state index in [0.29, 0.717) is 0 Å². The molecule has 142 valence electrons. The number of ketones is 1. The normalized spacial score (nSPS) is 11.0. The van der Waals surface area contributed by atoms with Gasteiger partial charge in [0, 0.05) is 23.3 Å². The summed E-state index contributed by atoms with van der Waals surface area (Å²) >= 11 is 0. The molecule has 8 nitrogen and oxygen atoms in total. The van der Waals surface area contributed by atoms with Crippen LogP contribution in [0.2, 0.25) is 0 Å². The van der Waals surface area contributed by atoms with Crippen LogP contribution < -0.4 is 10.5 Å². The molecular formula is C19H15N3O5S. The quantitative estimate of drug-likeness (QED) is 0.284. The molecule has 0 aliphatic heterocycles. The first-order valence-electron chi connectivity index (χ1n) is 8.04. The Morgan fingerprint density at radius 1 is 0.929 bits per heavy atom. The van der Waals surface area contributed by atoms with Crippen LogP contribution >= 0.6 is 0 Å². The van der Waals surface area contributed by atoms with Crippen LogP contribution in [-0.2, 0) is 10.0 Å². The van der Waals surface area contributed by atoms with Gasteiger partial charge >= 0.3 is 0 Å². The summed E-state index contributed by atoms with van der Waals surface area (Å²) < 4.78 is 27.4. The lowest BCUT2D eigenvalue weighted by Crippen LogP contribution is -2.14. The van der Waals surface area contributed by atoms with E-state index >= 15 is 0 Å². The smallest absolute Gasteiger partial charge is 0.270 e. The summed E-state index contributed by atoms with van der Waals surface area (Å²) in [6.45, 7) is 0. The molecule has 28 heavy (non-hydrogen) atoms. The highest BCUT2D eigenvalue weighted by molar-refractivity contribution is 7.92. The van der Waals surface area contributed by atoms with Crippen LogP contribution in [0.15, 0.2) is 77.7 Å². The van der Waals surface area contributed by atoms with Gasteiger partial charge in [-0.05, 0) is 30.3 Å². The number of nitro benzene ring substituents is 1. The van der Waals surface area contributed by atoms with E-state index in [1.807, 2.05) is 0 Å². The summed E-state index contributed by atoms with van der Waals surface area (Å²) in [6, 6.07) is 17.1. The van der Waals surface area contributed by atoms with E-state index in [4.69, 9.17) is 5.73 Å². The maximum Gasteiger partial charge on any atom is 0.270 e. The first-order chi connectivity index (χ1) is 13.3. The zero-order valence-electron chi connectivity index (χ0n) is 14.4. The molecule has 0 unspecified atom stereocenters. The molecule has 0 amide bonds. The summed E-state index contributed by atoms with van der Waals surface area (Å²) in [6.07, 6.45) is 0. The third-order valence-electron chi connectivity index (χ3n) is 3.93. The molecule has 3 aromatic carbocycles. The van der Waals surface area contributed by atoms with Gasteiger partial charge in [-0.25, -0.2) is 8.42 Å². The largest absolute Gasteiger partial charge is 0.397 e. The number of non-ortho nitro benzene ring substituents is 1. The van der Waals surface area contributed by atoms with Gasteiger partial charge in [0.15, 0.2) is 5.78 Å². The third-order valence-corrected chi connectivity index (χ3v) is 5.31. The molecule has 0 saturated heterocycles. The molecule has 0 spiro atoms. The average Bonchev–Trinajstić information content (AvgIpc) is 2.69. The number of nitrogens with one attached hydrogen (secondary N) is 1. The number of nitro groups is 1. The van der Waals surface area contributed by atoms with Crippen LogP contribution in [0.1, 0.15) is 15.9 Å². The number of hydrogen-bond acceptors (Lipinski definition) is 6. The summed E-state index contributed by atoms with van der Waals surface area (Å²) in [5.74, 6) is -0.496. The van der Waals surface area contributed by atoms with E-state index in [2.05, 4.69) is 4.72 Å². The summed E-state index contributed by atoms with van der Waals surface area (Å²) in [5.41, 5.74) is 6.06. The average molecular weight is 397 g/mol. The molecule has 0 aromatic heterocycles. The molecule has 3 N–H and O–H groups in total. The second-order valence-corrected chi connectivity index (χ2v) is 7.54. The Bertz CT molecular complexity index is 1160. The van der Waals surface area contributed by atoms with E-state index < -0.39 is 20.7 Å².